The summed E-state index contributed by atoms with van der Waals surface area (Å²) in [5.41, 5.74) is 6.01. The Bertz CT molecular complexity index is 849. The minimum Gasteiger partial charge on any atom is -0.459 e. The molecule has 0 radical (unpaired) electrons. The van der Waals surface area contributed by atoms with Crippen LogP contribution in [0.15, 0.2) is 22.7 Å². The highest BCUT2D eigenvalue weighted by Crippen LogP contribution is 2.33. The van der Waals surface area contributed by atoms with Crippen LogP contribution in [0.3, 0.4) is 0 Å². The Labute approximate surface area is 167 Å². The maximum atomic E-state index is 12.7. The molecule has 27 heavy (non-hydrogen) atoms. The SMILES string of the molecule is CC(C)(C)OC(=O)C1CCN(C(N)c2cc(OS(C)(=O)=O)ccc2Br)C1=O. The molecule has 0 aliphatic carbocycles. The molecule has 2 atom stereocenters. The Kier molecular flexibility index (Phi) is 6.23. The summed E-state index contributed by atoms with van der Waals surface area (Å²) in [6.07, 6.45) is 0.366. The van der Waals surface area contributed by atoms with Crippen LogP contribution in [0.5, 0.6) is 5.75 Å². The summed E-state index contributed by atoms with van der Waals surface area (Å²) in [4.78, 5) is 26.3. The molecule has 2 rings (SSSR count). The first-order chi connectivity index (χ1) is 12.3. The van der Waals surface area contributed by atoms with E-state index in [9.17, 15) is 18.0 Å². The largest absolute Gasteiger partial charge is 0.459 e. The Morgan fingerprint density at radius 3 is 2.56 bits per heavy atom. The zero-order valence-corrected chi connectivity index (χ0v) is 18.0. The van der Waals surface area contributed by atoms with Gasteiger partial charge in [-0.05, 0) is 45.4 Å². The van der Waals surface area contributed by atoms with Crippen molar-refractivity contribution in [3.63, 3.8) is 0 Å². The molecule has 1 saturated heterocycles. The maximum absolute atomic E-state index is 12.7. The van der Waals surface area contributed by atoms with Gasteiger partial charge in [-0.3, -0.25) is 9.59 Å². The van der Waals surface area contributed by atoms with Crippen molar-refractivity contribution in [2.24, 2.45) is 11.7 Å². The summed E-state index contributed by atoms with van der Waals surface area (Å²) in [5.74, 6) is -1.81. The van der Waals surface area contributed by atoms with Crippen LogP contribution < -0.4 is 9.92 Å². The van der Waals surface area contributed by atoms with E-state index < -0.39 is 39.7 Å². The molecule has 0 spiro atoms. The number of ether oxygens (including phenoxy) is 1. The molecular weight excluding hydrogens is 440 g/mol. The number of rotatable bonds is 5. The summed E-state index contributed by atoms with van der Waals surface area (Å²) >= 11 is 3.35. The van der Waals surface area contributed by atoms with Crippen LogP contribution in [0.25, 0.3) is 0 Å². The van der Waals surface area contributed by atoms with Gasteiger partial charge in [0.05, 0.1) is 6.26 Å². The number of halogens is 1. The molecule has 1 aromatic rings. The maximum Gasteiger partial charge on any atom is 0.319 e. The van der Waals surface area contributed by atoms with Crippen molar-refractivity contribution in [3.05, 3.63) is 28.2 Å². The van der Waals surface area contributed by atoms with Gasteiger partial charge in [0.15, 0.2) is 0 Å². The van der Waals surface area contributed by atoms with Gasteiger partial charge in [-0.25, -0.2) is 0 Å². The van der Waals surface area contributed by atoms with E-state index in [0.717, 1.165) is 6.26 Å². The lowest BCUT2D eigenvalue weighted by atomic mass is 10.1. The highest BCUT2D eigenvalue weighted by atomic mass is 79.9. The van der Waals surface area contributed by atoms with Crippen LogP contribution in [0.1, 0.15) is 38.9 Å². The molecule has 150 valence electrons. The van der Waals surface area contributed by atoms with Crippen LogP contribution >= 0.6 is 15.9 Å². The molecule has 8 nitrogen and oxygen atoms in total. The standard InChI is InChI=1S/C17H23BrN2O6S/c1-17(2,3)25-16(22)11-7-8-20(15(11)21)14(19)12-9-10(5-6-13(12)18)26-27(4,23)24/h5-6,9,11,14H,7-8,19H2,1-4H3. The molecule has 0 aromatic heterocycles. The van der Waals surface area contributed by atoms with E-state index in [0.29, 0.717) is 16.5 Å². The Morgan fingerprint density at radius 1 is 1.37 bits per heavy atom. The lowest BCUT2D eigenvalue weighted by Crippen LogP contribution is -2.39. The van der Waals surface area contributed by atoms with Crippen LogP contribution in [-0.4, -0.2) is 43.6 Å². The lowest BCUT2D eigenvalue weighted by Gasteiger charge is -2.26. The fourth-order valence-corrected chi connectivity index (χ4v) is 3.65. The minimum absolute atomic E-state index is 0.0847. The van der Waals surface area contributed by atoms with Gasteiger partial charge < -0.3 is 19.6 Å². The molecule has 2 N–H and O–H groups in total. The molecule has 0 bridgehead atoms. The fraction of sp³-hybridized carbons (Fsp3) is 0.529. The van der Waals surface area contributed by atoms with Gasteiger partial charge in [-0.15, -0.1) is 0 Å². The molecule has 1 aromatic carbocycles. The molecule has 1 aliphatic heterocycles. The summed E-state index contributed by atoms with van der Waals surface area (Å²) in [6, 6.07) is 4.50. The van der Waals surface area contributed by atoms with Crippen LogP contribution in [0.4, 0.5) is 0 Å². The highest BCUT2D eigenvalue weighted by Gasteiger charge is 2.42. The number of nitrogens with zero attached hydrogens (tertiary/aromatic N) is 1. The van der Waals surface area contributed by atoms with E-state index in [1.807, 2.05) is 0 Å². The van der Waals surface area contributed by atoms with Gasteiger partial charge in [0.2, 0.25) is 5.91 Å². The molecule has 2 unspecified atom stereocenters. The molecule has 1 aliphatic rings. The van der Waals surface area contributed by atoms with Crippen molar-refractivity contribution in [1.82, 2.24) is 4.90 Å². The van der Waals surface area contributed by atoms with Gasteiger partial charge in [0.25, 0.3) is 0 Å². The molecule has 0 saturated carbocycles. The van der Waals surface area contributed by atoms with Crippen LogP contribution in [0.2, 0.25) is 0 Å². The van der Waals surface area contributed by atoms with Crippen molar-refractivity contribution in [1.29, 1.82) is 0 Å². The monoisotopic (exact) mass is 462 g/mol. The number of carbonyl (C=O) groups excluding carboxylic acids is 2. The minimum atomic E-state index is -3.70. The van der Waals surface area contributed by atoms with Crippen LogP contribution in [0, 0.1) is 5.92 Å². The van der Waals surface area contributed by atoms with Gasteiger partial charge >= 0.3 is 16.1 Å². The van der Waals surface area contributed by atoms with Gasteiger partial charge in [0.1, 0.15) is 23.4 Å². The summed E-state index contributed by atoms with van der Waals surface area (Å²) in [6.45, 7) is 5.49. The number of nitrogens with two attached hydrogens (primary N) is 1. The van der Waals surface area contributed by atoms with Crippen molar-refractivity contribution < 1.29 is 26.9 Å². The zero-order chi connectivity index (χ0) is 20.6. The molecule has 10 heteroatoms. The number of esters is 1. The van der Waals surface area contributed by atoms with E-state index >= 15 is 0 Å². The number of hydrogen-bond donors (Lipinski definition) is 1. The second-order valence-corrected chi connectivity index (χ2v) is 9.75. The van der Waals surface area contributed by atoms with Crippen molar-refractivity contribution in [2.45, 2.75) is 39.0 Å². The average Bonchev–Trinajstić information content (AvgIpc) is 2.87. The topological polar surface area (TPSA) is 116 Å². The van der Waals surface area contributed by atoms with Crippen molar-refractivity contribution in [3.8, 4) is 5.75 Å². The predicted molar refractivity (Wildman–Crippen MR) is 102 cm³/mol. The smallest absolute Gasteiger partial charge is 0.319 e. The molecule has 1 fully saturated rings. The van der Waals surface area contributed by atoms with Gasteiger partial charge in [0, 0.05) is 16.6 Å². The number of carbonyl (C=O) groups is 2. The molecular formula is C17H23BrN2O6S. The zero-order valence-electron chi connectivity index (χ0n) is 15.6. The van der Waals surface area contributed by atoms with Crippen molar-refractivity contribution >= 4 is 37.9 Å². The van der Waals surface area contributed by atoms with Gasteiger partial charge in [-0.1, -0.05) is 15.9 Å². The highest BCUT2D eigenvalue weighted by molar-refractivity contribution is 9.10. The third-order valence-corrected chi connectivity index (χ3v) is 5.02. The second kappa shape index (κ2) is 7.76. The van der Waals surface area contributed by atoms with E-state index in [4.69, 9.17) is 14.7 Å². The van der Waals surface area contributed by atoms with E-state index in [-0.39, 0.29) is 12.3 Å². The van der Waals surface area contributed by atoms with Crippen molar-refractivity contribution in [2.75, 3.05) is 12.8 Å². The van der Waals surface area contributed by atoms with E-state index in [1.165, 1.54) is 17.0 Å². The number of hydrogen-bond acceptors (Lipinski definition) is 7. The average molecular weight is 463 g/mol. The molecule has 1 amide bonds. The number of benzene rings is 1. The third-order valence-electron chi connectivity index (χ3n) is 3.80. The Hall–Kier alpha value is -1.65. The Morgan fingerprint density at radius 2 is 2.00 bits per heavy atom. The summed E-state index contributed by atoms with van der Waals surface area (Å²) < 4.78 is 33.4. The van der Waals surface area contributed by atoms with E-state index in [2.05, 4.69) is 15.9 Å². The summed E-state index contributed by atoms with van der Waals surface area (Å²) in [7, 11) is -3.70. The first-order valence-electron chi connectivity index (χ1n) is 8.26. The second-order valence-electron chi connectivity index (χ2n) is 7.32. The first-order valence-corrected chi connectivity index (χ1v) is 10.9. The Balaban J connectivity index is 2.21. The molecule has 1 heterocycles. The quantitative estimate of drug-likeness (QED) is 0.403. The fourth-order valence-electron chi connectivity index (χ4n) is 2.71. The third kappa shape index (κ3) is 5.66. The summed E-state index contributed by atoms with van der Waals surface area (Å²) in [5, 5.41) is 0. The number of likely N-dealkylation sites (tertiary alicyclic amines) is 1. The first kappa shape index (κ1) is 21.6. The predicted octanol–water partition coefficient (Wildman–Crippen LogP) is 1.93. The lowest BCUT2D eigenvalue weighted by molar-refractivity contribution is -0.162. The van der Waals surface area contributed by atoms with Crippen LogP contribution in [-0.2, 0) is 24.4 Å². The van der Waals surface area contributed by atoms with Gasteiger partial charge in [-0.2, -0.15) is 8.42 Å². The number of amides is 1. The van der Waals surface area contributed by atoms with E-state index in [1.54, 1.807) is 26.8 Å². The normalized spacial score (nSPS) is 19.1.